The van der Waals surface area contributed by atoms with Crippen LogP contribution in [-0.2, 0) is 10.4 Å². The highest BCUT2D eigenvalue weighted by Crippen LogP contribution is 2.06. The molecule has 13 heavy (non-hydrogen) atoms. The van der Waals surface area contributed by atoms with Crippen molar-refractivity contribution >= 4 is 14.5 Å². The van der Waals surface area contributed by atoms with E-state index in [9.17, 15) is 0 Å². The lowest BCUT2D eigenvalue weighted by atomic mass is 10.2. The smallest absolute Gasteiger partial charge is 0.460 e. The standard InChI is InChI=1S/C7H7O.2C2H5.Al/c8-6-7-4-2-1-3-5-7;2*1-2;/h1-5H,6H2;2*1H2,2H3;/q-1;;;+1. The van der Waals surface area contributed by atoms with Crippen LogP contribution in [0.2, 0.25) is 10.6 Å². The first-order chi connectivity index (χ1) is 6.36. The van der Waals surface area contributed by atoms with Gasteiger partial charge in [0.1, 0.15) is 0 Å². The van der Waals surface area contributed by atoms with Crippen molar-refractivity contribution in [3.05, 3.63) is 35.9 Å². The third kappa shape index (κ3) is 3.96. The van der Waals surface area contributed by atoms with Crippen molar-refractivity contribution in [2.24, 2.45) is 0 Å². The Bertz CT molecular complexity index is 219. The molecule has 70 valence electrons. The largest absolute Gasteiger partial charge is 0.497 e. The minimum atomic E-state index is -0.862. The van der Waals surface area contributed by atoms with E-state index in [1.807, 2.05) is 6.07 Å². The highest BCUT2D eigenvalue weighted by atomic mass is 27.2. The Morgan fingerprint density at radius 2 is 1.69 bits per heavy atom. The summed E-state index contributed by atoms with van der Waals surface area (Å²) in [5, 5.41) is 2.48. The van der Waals surface area contributed by atoms with Gasteiger partial charge < -0.3 is 3.79 Å². The van der Waals surface area contributed by atoms with Crippen molar-refractivity contribution in [1.82, 2.24) is 0 Å². The minimum absolute atomic E-state index is 0.805. The molecule has 0 saturated carbocycles. The zero-order valence-electron chi connectivity index (χ0n) is 8.49. The summed E-state index contributed by atoms with van der Waals surface area (Å²) in [4.78, 5) is 0. The third-order valence-electron chi connectivity index (χ3n) is 2.24. The topological polar surface area (TPSA) is 9.23 Å². The van der Waals surface area contributed by atoms with Crippen LogP contribution >= 0.6 is 0 Å². The predicted molar refractivity (Wildman–Crippen MR) is 57.9 cm³/mol. The summed E-state index contributed by atoms with van der Waals surface area (Å²) >= 11 is -0.862. The lowest BCUT2D eigenvalue weighted by molar-refractivity contribution is 0.307. The summed E-state index contributed by atoms with van der Waals surface area (Å²) in [6.07, 6.45) is 0. The first-order valence-electron chi connectivity index (χ1n) is 5.02. The van der Waals surface area contributed by atoms with Crippen LogP contribution < -0.4 is 0 Å². The molecule has 0 heterocycles. The molecular formula is C11H17AlO. The van der Waals surface area contributed by atoms with Gasteiger partial charge >= 0.3 is 14.5 Å². The van der Waals surface area contributed by atoms with E-state index in [4.69, 9.17) is 3.79 Å². The predicted octanol–water partition coefficient (Wildman–Crippen LogP) is 3.23. The summed E-state index contributed by atoms with van der Waals surface area (Å²) < 4.78 is 5.87. The Morgan fingerprint density at radius 1 is 1.08 bits per heavy atom. The molecule has 0 bridgehead atoms. The average Bonchev–Trinajstić information content (AvgIpc) is 2.21. The SMILES string of the molecule is C[CH2][Al]([CH2]C)[O]Cc1ccccc1. The van der Waals surface area contributed by atoms with E-state index < -0.39 is 14.5 Å². The van der Waals surface area contributed by atoms with Gasteiger partial charge in [0, 0.05) is 6.61 Å². The maximum atomic E-state index is 5.87. The van der Waals surface area contributed by atoms with E-state index in [-0.39, 0.29) is 0 Å². The Morgan fingerprint density at radius 3 is 2.23 bits per heavy atom. The van der Waals surface area contributed by atoms with Crippen molar-refractivity contribution in [2.45, 2.75) is 31.0 Å². The fraction of sp³-hybridized carbons (Fsp3) is 0.455. The third-order valence-corrected chi connectivity index (χ3v) is 4.70. The number of rotatable bonds is 5. The van der Waals surface area contributed by atoms with Gasteiger partial charge in [-0.3, -0.25) is 0 Å². The van der Waals surface area contributed by atoms with E-state index in [0.29, 0.717) is 0 Å². The summed E-state index contributed by atoms with van der Waals surface area (Å²) in [5.41, 5.74) is 1.29. The Kier molecular flexibility index (Phi) is 5.15. The molecule has 1 rings (SSSR count). The maximum Gasteiger partial charge on any atom is 0.460 e. The highest BCUT2D eigenvalue weighted by Gasteiger charge is 2.14. The Hall–Kier alpha value is -0.288. The van der Waals surface area contributed by atoms with Crippen LogP contribution in [0.4, 0.5) is 0 Å². The van der Waals surface area contributed by atoms with Crippen molar-refractivity contribution in [2.75, 3.05) is 0 Å². The molecule has 1 aromatic carbocycles. The molecule has 0 aromatic heterocycles. The molecule has 0 unspecified atom stereocenters. The van der Waals surface area contributed by atoms with E-state index in [1.165, 1.54) is 16.1 Å². The van der Waals surface area contributed by atoms with Crippen molar-refractivity contribution < 1.29 is 3.79 Å². The fourth-order valence-electron chi connectivity index (χ4n) is 1.31. The zero-order chi connectivity index (χ0) is 9.52. The molecule has 0 radical (unpaired) electrons. The molecule has 0 spiro atoms. The van der Waals surface area contributed by atoms with Gasteiger partial charge in [0.2, 0.25) is 0 Å². The molecule has 0 atom stereocenters. The molecule has 0 N–H and O–H groups in total. The molecule has 2 heteroatoms. The second kappa shape index (κ2) is 6.21. The molecule has 0 amide bonds. The fourth-order valence-corrected chi connectivity index (χ4v) is 2.79. The van der Waals surface area contributed by atoms with E-state index in [2.05, 4.69) is 38.1 Å². The molecular weight excluding hydrogens is 175 g/mol. The maximum absolute atomic E-state index is 5.87. The average molecular weight is 192 g/mol. The van der Waals surface area contributed by atoms with Crippen LogP contribution in [0.25, 0.3) is 0 Å². The van der Waals surface area contributed by atoms with Gasteiger partial charge in [0.25, 0.3) is 0 Å². The van der Waals surface area contributed by atoms with Crippen LogP contribution in [0.3, 0.4) is 0 Å². The van der Waals surface area contributed by atoms with E-state index in [0.717, 1.165) is 6.61 Å². The second-order valence-corrected chi connectivity index (χ2v) is 6.45. The van der Waals surface area contributed by atoms with Crippen molar-refractivity contribution in [1.29, 1.82) is 0 Å². The van der Waals surface area contributed by atoms with Gasteiger partial charge in [-0.1, -0.05) is 54.7 Å². The lowest BCUT2D eigenvalue weighted by Gasteiger charge is -2.09. The summed E-state index contributed by atoms with van der Waals surface area (Å²) in [6.45, 7) is 5.26. The van der Waals surface area contributed by atoms with Crippen LogP contribution in [0.5, 0.6) is 0 Å². The normalized spacial score (nSPS) is 10.0. The monoisotopic (exact) mass is 192 g/mol. The van der Waals surface area contributed by atoms with Gasteiger partial charge in [-0.2, -0.15) is 0 Å². The van der Waals surface area contributed by atoms with Crippen LogP contribution in [0.1, 0.15) is 19.4 Å². The molecule has 0 saturated heterocycles. The second-order valence-electron chi connectivity index (χ2n) is 3.24. The quantitative estimate of drug-likeness (QED) is 0.651. The number of benzene rings is 1. The van der Waals surface area contributed by atoms with Gasteiger partial charge in [0.05, 0.1) is 0 Å². The van der Waals surface area contributed by atoms with Gasteiger partial charge in [0.15, 0.2) is 0 Å². The number of hydrogen-bond acceptors (Lipinski definition) is 1. The van der Waals surface area contributed by atoms with E-state index >= 15 is 0 Å². The molecule has 0 aliphatic carbocycles. The van der Waals surface area contributed by atoms with Crippen molar-refractivity contribution in [3.8, 4) is 0 Å². The molecule has 0 aliphatic rings. The zero-order valence-corrected chi connectivity index (χ0v) is 9.65. The van der Waals surface area contributed by atoms with Crippen molar-refractivity contribution in [3.63, 3.8) is 0 Å². The Labute approximate surface area is 85.5 Å². The molecule has 1 nitrogen and oxygen atoms in total. The molecule has 0 aliphatic heterocycles. The Balaban J connectivity index is 2.34. The van der Waals surface area contributed by atoms with Gasteiger partial charge in [-0.15, -0.1) is 0 Å². The lowest BCUT2D eigenvalue weighted by Crippen LogP contribution is -2.14. The minimum Gasteiger partial charge on any atom is -0.497 e. The molecule has 0 fully saturated rings. The first kappa shape index (κ1) is 10.8. The van der Waals surface area contributed by atoms with Gasteiger partial charge in [-0.25, -0.2) is 0 Å². The highest BCUT2D eigenvalue weighted by molar-refractivity contribution is 6.51. The first-order valence-corrected chi connectivity index (χ1v) is 7.12. The van der Waals surface area contributed by atoms with Gasteiger partial charge in [-0.05, 0) is 5.56 Å². The summed E-state index contributed by atoms with van der Waals surface area (Å²) in [5.74, 6) is 0. The van der Waals surface area contributed by atoms with Crippen LogP contribution in [0, 0.1) is 0 Å². The van der Waals surface area contributed by atoms with Crippen LogP contribution in [0.15, 0.2) is 30.3 Å². The van der Waals surface area contributed by atoms with Crippen LogP contribution in [-0.4, -0.2) is 14.5 Å². The summed E-state index contributed by atoms with van der Waals surface area (Å²) in [6, 6.07) is 10.4. The summed E-state index contributed by atoms with van der Waals surface area (Å²) in [7, 11) is 0. The molecule has 1 aromatic rings. The number of hydrogen-bond donors (Lipinski definition) is 0. The van der Waals surface area contributed by atoms with E-state index in [1.54, 1.807) is 0 Å².